The Labute approximate surface area is 112 Å². The molecular formula is C14H18ClNO2. The Morgan fingerprint density at radius 1 is 1.56 bits per heavy atom. The molecule has 1 aliphatic rings. The molecule has 0 aliphatic heterocycles. The molecule has 2 rings (SSSR count). The van der Waals surface area contributed by atoms with E-state index in [-0.39, 0.29) is 12.3 Å². The Balaban J connectivity index is 2.25. The number of hydrogen-bond acceptors (Lipinski definition) is 2. The van der Waals surface area contributed by atoms with E-state index in [0.29, 0.717) is 12.5 Å². The third-order valence-corrected chi connectivity index (χ3v) is 3.99. The third kappa shape index (κ3) is 2.85. The highest BCUT2D eigenvalue weighted by Gasteiger charge is 2.28. The lowest BCUT2D eigenvalue weighted by atomic mass is 9.77. The Kier molecular flexibility index (Phi) is 4.25. The second-order valence-corrected chi connectivity index (χ2v) is 5.25. The number of nitrogens with one attached hydrogen (secondary N) is 1. The van der Waals surface area contributed by atoms with Gasteiger partial charge in [0.25, 0.3) is 0 Å². The molecule has 1 aliphatic carbocycles. The van der Waals surface area contributed by atoms with E-state index in [2.05, 4.69) is 5.32 Å². The van der Waals surface area contributed by atoms with Crippen molar-refractivity contribution in [3.63, 3.8) is 0 Å². The van der Waals surface area contributed by atoms with Crippen LogP contribution in [-0.2, 0) is 11.2 Å². The highest BCUT2D eigenvalue weighted by atomic mass is 35.5. The van der Waals surface area contributed by atoms with Gasteiger partial charge < -0.3 is 10.4 Å². The highest BCUT2D eigenvalue weighted by molar-refractivity contribution is 6.30. The highest BCUT2D eigenvalue weighted by Crippen LogP contribution is 2.36. The maximum absolute atomic E-state index is 10.8. The average Bonchev–Trinajstić information content (AvgIpc) is 2.35. The van der Waals surface area contributed by atoms with Gasteiger partial charge >= 0.3 is 5.97 Å². The monoisotopic (exact) mass is 267 g/mol. The predicted molar refractivity (Wildman–Crippen MR) is 72.2 cm³/mol. The fourth-order valence-corrected chi connectivity index (χ4v) is 3.06. The summed E-state index contributed by atoms with van der Waals surface area (Å²) in [5, 5.41) is 12.9. The summed E-state index contributed by atoms with van der Waals surface area (Å²) in [6.45, 7) is 0. The molecule has 2 atom stereocenters. The Morgan fingerprint density at radius 3 is 3.00 bits per heavy atom. The van der Waals surface area contributed by atoms with Crippen LogP contribution in [0.4, 0.5) is 0 Å². The van der Waals surface area contributed by atoms with Crippen molar-refractivity contribution >= 4 is 17.6 Å². The molecule has 0 radical (unpaired) electrons. The van der Waals surface area contributed by atoms with Crippen molar-refractivity contribution in [1.29, 1.82) is 0 Å². The van der Waals surface area contributed by atoms with Gasteiger partial charge in [0.2, 0.25) is 0 Å². The first-order valence-corrected chi connectivity index (χ1v) is 6.67. The lowest BCUT2D eigenvalue weighted by Crippen LogP contribution is -2.36. The van der Waals surface area contributed by atoms with Gasteiger partial charge in [-0.15, -0.1) is 0 Å². The maximum Gasteiger partial charge on any atom is 0.303 e. The minimum atomic E-state index is -0.731. The summed E-state index contributed by atoms with van der Waals surface area (Å²) in [5.74, 6) is -0.460. The molecule has 1 aromatic carbocycles. The zero-order chi connectivity index (χ0) is 13.1. The van der Waals surface area contributed by atoms with Crippen molar-refractivity contribution < 1.29 is 9.90 Å². The molecule has 0 bridgehead atoms. The van der Waals surface area contributed by atoms with Crippen molar-refractivity contribution in [2.75, 3.05) is 7.05 Å². The van der Waals surface area contributed by atoms with Crippen LogP contribution in [0, 0.1) is 0 Å². The molecule has 0 saturated carbocycles. The molecule has 0 aromatic heterocycles. The van der Waals surface area contributed by atoms with Gasteiger partial charge in [-0.2, -0.15) is 0 Å². The van der Waals surface area contributed by atoms with Crippen LogP contribution in [0.2, 0.25) is 5.02 Å². The molecule has 0 spiro atoms. The van der Waals surface area contributed by atoms with E-state index in [1.165, 1.54) is 11.1 Å². The van der Waals surface area contributed by atoms with Gasteiger partial charge in [0, 0.05) is 23.4 Å². The van der Waals surface area contributed by atoms with Gasteiger partial charge in [0.15, 0.2) is 0 Å². The van der Waals surface area contributed by atoms with Crippen LogP contribution < -0.4 is 5.32 Å². The standard InChI is InChI=1S/C14H18ClNO2/c1-16-13-6-2-9-8-10(15)3-4-11(9)12(13)5-7-14(17)18/h3-4,8,12-13,16H,2,5-7H2,1H3,(H,17,18). The largest absolute Gasteiger partial charge is 0.481 e. The Bertz CT molecular complexity index is 447. The van der Waals surface area contributed by atoms with Crippen LogP contribution in [0.15, 0.2) is 18.2 Å². The van der Waals surface area contributed by atoms with E-state index < -0.39 is 5.97 Å². The first-order valence-electron chi connectivity index (χ1n) is 6.29. The normalized spacial score (nSPS) is 22.6. The zero-order valence-corrected chi connectivity index (χ0v) is 11.2. The van der Waals surface area contributed by atoms with Crippen molar-refractivity contribution in [3.05, 3.63) is 34.3 Å². The maximum atomic E-state index is 10.8. The van der Waals surface area contributed by atoms with Crippen LogP contribution in [0.3, 0.4) is 0 Å². The fraction of sp³-hybridized carbons (Fsp3) is 0.500. The minimum absolute atomic E-state index is 0.213. The SMILES string of the molecule is CNC1CCc2cc(Cl)ccc2C1CCC(=O)O. The number of hydrogen-bond donors (Lipinski definition) is 2. The lowest BCUT2D eigenvalue weighted by molar-refractivity contribution is -0.137. The smallest absolute Gasteiger partial charge is 0.303 e. The zero-order valence-electron chi connectivity index (χ0n) is 10.4. The number of carbonyl (C=O) groups is 1. The summed E-state index contributed by atoms with van der Waals surface area (Å²) in [6.07, 6.45) is 2.93. The molecule has 18 heavy (non-hydrogen) atoms. The van der Waals surface area contributed by atoms with Crippen molar-refractivity contribution in [1.82, 2.24) is 5.32 Å². The molecule has 1 aromatic rings. The van der Waals surface area contributed by atoms with Crippen LogP contribution in [0.1, 0.15) is 36.3 Å². The summed E-state index contributed by atoms with van der Waals surface area (Å²) >= 11 is 6.01. The molecule has 0 fully saturated rings. The second kappa shape index (κ2) is 5.72. The van der Waals surface area contributed by atoms with Gasteiger partial charge in [-0.3, -0.25) is 4.79 Å². The van der Waals surface area contributed by atoms with E-state index in [0.717, 1.165) is 17.9 Å². The topological polar surface area (TPSA) is 49.3 Å². The quantitative estimate of drug-likeness (QED) is 0.882. The second-order valence-electron chi connectivity index (χ2n) is 4.82. The molecule has 98 valence electrons. The molecule has 2 N–H and O–H groups in total. The van der Waals surface area contributed by atoms with Gasteiger partial charge in [-0.05, 0) is 49.6 Å². The molecule has 3 nitrogen and oxygen atoms in total. The Hall–Kier alpha value is -1.06. The fourth-order valence-electron chi connectivity index (χ4n) is 2.86. The molecule has 2 unspecified atom stereocenters. The summed E-state index contributed by atoms with van der Waals surface area (Å²) in [7, 11) is 1.94. The molecule has 0 amide bonds. The lowest BCUT2D eigenvalue weighted by Gasteiger charge is -2.33. The van der Waals surface area contributed by atoms with Crippen LogP contribution in [-0.4, -0.2) is 24.2 Å². The number of aryl methyl sites for hydroxylation is 1. The van der Waals surface area contributed by atoms with Crippen molar-refractivity contribution in [3.8, 4) is 0 Å². The van der Waals surface area contributed by atoms with Crippen LogP contribution in [0.5, 0.6) is 0 Å². The van der Waals surface area contributed by atoms with E-state index in [1.54, 1.807) is 0 Å². The van der Waals surface area contributed by atoms with Crippen molar-refractivity contribution in [2.45, 2.75) is 37.6 Å². The van der Waals surface area contributed by atoms with Crippen LogP contribution in [0.25, 0.3) is 0 Å². The van der Waals surface area contributed by atoms with E-state index in [9.17, 15) is 4.79 Å². The van der Waals surface area contributed by atoms with Gasteiger partial charge in [-0.25, -0.2) is 0 Å². The Morgan fingerprint density at radius 2 is 2.33 bits per heavy atom. The van der Waals surface area contributed by atoms with Gasteiger partial charge in [-0.1, -0.05) is 17.7 Å². The predicted octanol–water partition coefficient (Wildman–Crippen LogP) is 2.82. The molecular weight excluding hydrogens is 250 g/mol. The minimum Gasteiger partial charge on any atom is -0.481 e. The first kappa shape index (κ1) is 13.4. The molecule has 4 heteroatoms. The number of aliphatic carboxylic acids is 1. The molecule has 0 saturated heterocycles. The number of fused-ring (bicyclic) bond motifs is 1. The summed E-state index contributed by atoms with van der Waals surface area (Å²) < 4.78 is 0. The summed E-state index contributed by atoms with van der Waals surface area (Å²) in [5.41, 5.74) is 2.52. The average molecular weight is 268 g/mol. The number of benzene rings is 1. The number of halogens is 1. The number of carboxylic acids is 1. The van der Waals surface area contributed by atoms with E-state index >= 15 is 0 Å². The van der Waals surface area contributed by atoms with Gasteiger partial charge in [0.05, 0.1) is 0 Å². The summed E-state index contributed by atoms with van der Waals surface area (Å²) in [6, 6.07) is 6.31. The van der Waals surface area contributed by atoms with Gasteiger partial charge in [0.1, 0.15) is 0 Å². The van der Waals surface area contributed by atoms with E-state index in [1.807, 2.05) is 25.2 Å². The molecule has 0 heterocycles. The summed E-state index contributed by atoms with van der Waals surface area (Å²) in [4.78, 5) is 10.8. The van der Waals surface area contributed by atoms with E-state index in [4.69, 9.17) is 16.7 Å². The number of likely N-dealkylation sites (N-methyl/N-ethyl adjacent to an activating group) is 1. The third-order valence-electron chi connectivity index (χ3n) is 3.75. The van der Waals surface area contributed by atoms with Crippen molar-refractivity contribution in [2.24, 2.45) is 0 Å². The first-order chi connectivity index (χ1) is 8.61. The van der Waals surface area contributed by atoms with Crippen LogP contribution >= 0.6 is 11.6 Å². The number of carboxylic acid groups (broad SMARTS) is 1. The number of rotatable bonds is 4.